The third-order valence-electron chi connectivity index (χ3n) is 1.92. The Morgan fingerprint density at radius 3 is 2.18 bits per heavy atom. The van der Waals surface area contributed by atoms with Crippen molar-refractivity contribution >= 4 is 22.8 Å². The first-order valence-corrected chi connectivity index (χ1v) is 4.79. The normalized spacial score (nSPS) is 9.24. The molecule has 88 valence electrons. The van der Waals surface area contributed by atoms with E-state index in [4.69, 9.17) is 19.8 Å². The molecule has 2 N–H and O–H groups in total. The molecule has 0 unspecified atom stereocenters. The molecule has 17 heavy (non-hydrogen) atoms. The minimum Gasteiger partial charge on any atom is -0.473 e. The molecule has 0 spiro atoms. The molecule has 0 aliphatic rings. The van der Waals surface area contributed by atoms with Crippen molar-refractivity contribution in [3.8, 4) is 0 Å². The van der Waals surface area contributed by atoms with Gasteiger partial charge in [-0.25, -0.2) is 9.59 Å². The van der Waals surface area contributed by atoms with Crippen LogP contribution in [0.25, 0.3) is 10.9 Å². The van der Waals surface area contributed by atoms with Gasteiger partial charge in [0.05, 0.1) is 5.52 Å². The zero-order valence-electron chi connectivity index (χ0n) is 9.12. The maximum absolute atomic E-state index is 9.10. The number of carboxylic acid groups (broad SMARTS) is 2. The molecule has 0 fully saturated rings. The number of rotatable bonds is 0. The van der Waals surface area contributed by atoms with E-state index >= 15 is 0 Å². The molecule has 1 aromatic carbocycles. The number of aryl methyl sites for hydroxylation is 1. The van der Waals surface area contributed by atoms with E-state index in [2.05, 4.69) is 17.1 Å². The van der Waals surface area contributed by atoms with E-state index in [0.29, 0.717) is 0 Å². The summed E-state index contributed by atoms with van der Waals surface area (Å²) in [5.41, 5.74) is 2.15. The summed E-state index contributed by atoms with van der Waals surface area (Å²) < 4.78 is 0. The summed E-state index contributed by atoms with van der Waals surface area (Å²) in [5.74, 6) is -3.65. The van der Waals surface area contributed by atoms with Crippen molar-refractivity contribution in [1.82, 2.24) is 4.98 Å². The second-order valence-corrected chi connectivity index (χ2v) is 3.26. The van der Waals surface area contributed by atoms with Crippen LogP contribution < -0.4 is 0 Å². The number of hydrogen-bond acceptors (Lipinski definition) is 3. The van der Waals surface area contributed by atoms with Crippen molar-refractivity contribution in [2.75, 3.05) is 0 Å². The number of carboxylic acids is 2. The van der Waals surface area contributed by atoms with Gasteiger partial charge in [0.2, 0.25) is 0 Å². The van der Waals surface area contributed by atoms with Crippen molar-refractivity contribution in [3.05, 3.63) is 42.1 Å². The average molecular weight is 233 g/mol. The number of benzene rings is 1. The van der Waals surface area contributed by atoms with Gasteiger partial charge < -0.3 is 10.2 Å². The molecule has 0 amide bonds. The fourth-order valence-electron chi connectivity index (χ4n) is 1.17. The number of nitrogens with zero attached hydrogens (tertiary/aromatic N) is 1. The van der Waals surface area contributed by atoms with Gasteiger partial charge in [-0.05, 0) is 19.1 Å². The summed E-state index contributed by atoms with van der Waals surface area (Å²) >= 11 is 0. The molecule has 0 atom stereocenters. The van der Waals surface area contributed by atoms with Crippen molar-refractivity contribution in [2.24, 2.45) is 0 Å². The molecule has 1 aromatic heterocycles. The summed E-state index contributed by atoms with van der Waals surface area (Å²) in [7, 11) is 0. The highest BCUT2D eigenvalue weighted by Crippen LogP contribution is 2.10. The van der Waals surface area contributed by atoms with Crippen molar-refractivity contribution in [2.45, 2.75) is 6.92 Å². The lowest BCUT2D eigenvalue weighted by molar-refractivity contribution is -0.159. The Morgan fingerprint density at radius 2 is 1.59 bits per heavy atom. The van der Waals surface area contributed by atoms with Gasteiger partial charge in [-0.2, -0.15) is 0 Å². The van der Waals surface area contributed by atoms with Crippen molar-refractivity contribution in [3.63, 3.8) is 0 Å². The number of aliphatic carboxylic acids is 2. The van der Waals surface area contributed by atoms with Gasteiger partial charge in [-0.1, -0.05) is 24.3 Å². The third kappa shape index (κ3) is 3.90. The highest BCUT2D eigenvalue weighted by atomic mass is 16.4. The van der Waals surface area contributed by atoms with E-state index in [1.54, 1.807) is 0 Å². The lowest BCUT2D eigenvalue weighted by Crippen LogP contribution is -2.09. The summed E-state index contributed by atoms with van der Waals surface area (Å²) in [6.07, 6.45) is 0. The molecule has 0 aliphatic carbocycles. The smallest absolute Gasteiger partial charge is 0.414 e. The van der Waals surface area contributed by atoms with Crippen LogP contribution in [0, 0.1) is 6.92 Å². The molecule has 5 nitrogen and oxygen atoms in total. The van der Waals surface area contributed by atoms with E-state index in [0.717, 1.165) is 11.2 Å². The number of fused-ring (bicyclic) bond motifs is 1. The number of carbonyl (C=O) groups is 2. The third-order valence-corrected chi connectivity index (χ3v) is 1.92. The Morgan fingerprint density at radius 1 is 1.00 bits per heavy atom. The van der Waals surface area contributed by atoms with Gasteiger partial charge in [0, 0.05) is 11.1 Å². The fourth-order valence-corrected chi connectivity index (χ4v) is 1.17. The zero-order valence-corrected chi connectivity index (χ0v) is 9.12. The molecular formula is C12H11NO4. The fraction of sp³-hybridized carbons (Fsp3) is 0.0833. The summed E-state index contributed by atoms with van der Waals surface area (Å²) in [5, 5.41) is 16.0. The molecule has 0 bridgehead atoms. The molecule has 0 aliphatic heterocycles. The highest BCUT2D eigenvalue weighted by Gasteiger charge is 2.04. The lowest BCUT2D eigenvalue weighted by atomic mass is 10.2. The molecular weight excluding hydrogens is 222 g/mol. The monoisotopic (exact) mass is 233 g/mol. The Hall–Kier alpha value is -2.43. The first-order valence-electron chi connectivity index (χ1n) is 4.79. The number of pyridine rings is 1. The minimum atomic E-state index is -1.82. The van der Waals surface area contributed by atoms with Gasteiger partial charge in [0.15, 0.2) is 0 Å². The molecule has 2 rings (SSSR count). The predicted molar refractivity (Wildman–Crippen MR) is 61.8 cm³/mol. The predicted octanol–water partition coefficient (Wildman–Crippen LogP) is 1.70. The lowest BCUT2D eigenvalue weighted by Gasteiger charge is -1.95. The molecule has 0 radical (unpaired) electrons. The van der Waals surface area contributed by atoms with Crippen LogP contribution in [0.5, 0.6) is 0 Å². The van der Waals surface area contributed by atoms with Gasteiger partial charge in [-0.3, -0.25) is 4.98 Å². The highest BCUT2D eigenvalue weighted by molar-refractivity contribution is 6.27. The van der Waals surface area contributed by atoms with Gasteiger partial charge in [0.1, 0.15) is 0 Å². The number of hydrogen-bond donors (Lipinski definition) is 2. The van der Waals surface area contributed by atoms with Gasteiger partial charge in [-0.15, -0.1) is 0 Å². The van der Waals surface area contributed by atoms with Gasteiger partial charge >= 0.3 is 11.9 Å². The zero-order chi connectivity index (χ0) is 12.8. The van der Waals surface area contributed by atoms with E-state index in [1.165, 1.54) is 5.39 Å². The molecule has 5 heteroatoms. The van der Waals surface area contributed by atoms with Crippen LogP contribution >= 0.6 is 0 Å². The maximum Gasteiger partial charge on any atom is 0.414 e. The van der Waals surface area contributed by atoms with Gasteiger partial charge in [0.25, 0.3) is 0 Å². The minimum absolute atomic E-state index is 1.07. The van der Waals surface area contributed by atoms with E-state index < -0.39 is 11.9 Å². The number of aromatic nitrogens is 1. The average Bonchev–Trinajstić information content (AvgIpc) is 2.29. The van der Waals surface area contributed by atoms with Crippen molar-refractivity contribution < 1.29 is 19.8 Å². The van der Waals surface area contributed by atoms with Crippen LogP contribution in [0.1, 0.15) is 5.69 Å². The van der Waals surface area contributed by atoms with Crippen LogP contribution in [-0.4, -0.2) is 27.1 Å². The molecule has 0 saturated carbocycles. The first-order chi connectivity index (χ1) is 8.00. The number of para-hydroxylation sites is 1. The van der Waals surface area contributed by atoms with Crippen LogP contribution in [0.3, 0.4) is 0 Å². The Balaban J connectivity index is 0.000000209. The van der Waals surface area contributed by atoms with Crippen LogP contribution in [0.4, 0.5) is 0 Å². The SMILES string of the molecule is Cc1ccc2ccccc2n1.O=C(O)C(=O)O. The Kier molecular flexibility index (Phi) is 4.16. The summed E-state index contributed by atoms with van der Waals surface area (Å²) in [4.78, 5) is 22.6. The molecule has 2 aromatic rings. The van der Waals surface area contributed by atoms with E-state index in [-0.39, 0.29) is 0 Å². The van der Waals surface area contributed by atoms with Crippen LogP contribution in [0.15, 0.2) is 36.4 Å². The second kappa shape index (κ2) is 5.60. The molecule has 0 saturated heterocycles. The summed E-state index contributed by atoms with van der Waals surface area (Å²) in [6.45, 7) is 2.01. The Labute approximate surface area is 97.3 Å². The topological polar surface area (TPSA) is 87.5 Å². The largest absolute Gasteiger partial charge is 0.473 e. The van der Waals surface area contributed by atoms with E-state index in [9.17, 15) is 0 Å². The van der Waals surface area contributed by atoms with Crippen LogP contribution in [0.2, 0.25) is 0 Å². The molecule has 1 heterocycles. The summed E-state index contributed by atoms with van der Waals surface area (Å²) in [6, 6.07) is 12.3. The quantitative estimate of drug-likeness (QED) is 0.676. The van der Waals surface area contributed by atoms with E-state index in [1.807, 2.05) is 31.2 Å². The standard InChI is InChI=1S/C10H9N.C2H2O4/c1-8-6-7-9-4-2-3-5-10(9)11-8;3-1(4)2(5)6/h2-7H,1H3;(H,3,4)(H,5,6). The Bertz CT molecular complexity index is 539. The second-order valence-electron chi connectivity index (χ2n) is 3.26. The van der Waals surface area contributed by atoms with Crippen molar-refractivity contribution in [1.29, 1.82) is 0 Å². The van der Waals surface area contributed by atoms with Crippen LogP contribution in [-0.2, 0) is 9.59 Å². The maximum atomic E-state index is 9.10. The first kappa shape index (κ1) is 12.6.